The average Bonchev–Trinajstić information content (AvgIpc) is 2.60. The molecule has 1 aliphatic heterocycles. The van der Waals surface area contributed by atoms with E-state index in [0.717, 1.165) is 36.1 Å². The molecule has 6 heteroatoms. The lowest BCUT2D eigenvalue weighted by atomic mass is 10.2. The van der Waals surface area contributed by atoms with E-state index in [2.05, 4.69) is 5.32 Å². The maximum Gasteiger partial charge on any atom is 0.244 e. The summed E-state index contributed by atoms with van der Waals surface area (Å²) >= 11 is 1.53. The molecule has 0 radical (unpaired) electrons. The van der Waals surface area contributed by atoms with Crippen molar-refractivity contribution in [1.82, 2.24) is 9.62 Å². The fourth-order valence-electron chi connectivity index (χ4n) is 2.53. The molecule has 1 N–H and O–H groups in total. The highest BCUT2D eigenvalue weighted by atomic mass is 32.2. The Balaban J connectivity index is 2.35. The van der Waals surface area contributed by atoms with Gasteiger partial charge < -0.3 is 5.32 Å². The van der Waals surface area contributed by atoms with Crippen LogP contribution in [0.15, 0.2) is 10.3 Å². The summed E-state index contributed by atoms with van der Waals surface area (Å²) in [5.74, 6) is 0. The molecule has 0 bridgehead atoms. The molecule has 0 atom stereocenters. The zero-order valence-corrected chi connectivity index (χ0v) is 13.2. The van der Waals surface area contributed by atoms with Gasteiger partial charge in [-0.2, -0.15) is 4.31 Å². The molecular weight excluding hydrogens is 280 g/mol. The molecule has 1 aromatic rings. The average molecular weight is 302 g/mol. The molecule has 0 aromatic carbocycles. The predicted molar refractivity (Wildman–Crippen MR) is 79.0 cm³/mol. The number of hydrogen-bond acceptors (Lipinski definition) is 4. The molecule has 0 aliphatic carbocycles. The summed E-state index contributed by atoms with van der Waals surface area (Å²) in [5, 5.41) is 4.99. The summed E-state index contributed by atoms with van der Waals surface area (Å²) in [5.41, 5.74) is 0.875. The van der Waals surface area contributed by atoms with E-state index < -0.39 is 10.0 Å². The molecule has 19 heavy (non-hydrogen) atoms. The van der Waals surface area contributed by atoms with Crippen LogP contribution in [0, 0.1) is 6.92 Å². The Kier molecular flexibility index (Phi) is 5.00. The molecule has 2 heterocycles. The Morgan fingerprint density at radius 2 is 1.89 bits per heavy atom. The molecule has 1 saturated heterocycles. The molecule has 0 unspecified atom stereocenters. The van der Waals surface area contributed by atoms with Crippen molar-refractivity contribution in [3.05, 3.63) is 15.8 Å². The Morgan fingerprint density at radius 3 is 2.47 bits per heavy atom. The quantitative estimate of drug-likeness (QED) is 0.929. The molecule has 2 rings (SSSR count). The van der Waals surface area contributed by atoms with E-state index >= 15 is 0 Å². The summed E-state index contributed by atoms with van der Waals surface area (Å²) in [6, 6.07) is 0. The molecule has 1 fully saturated rings. The number of hydrogen-bond donors (Lipinski definition) is 1. The van der Waals surface area contributed by atoms with Crippen LogP contribution in [0.4, 0.5) is 0 Å². The van der Waals surface area contributed by atoms with E-state index in [0.29, 0.717) is 24.5 Å². The van der Waals surface area contributed by atoms with E-state index in [1.165, 1.54) is 11.3 Å². The highest BCUT2D eigenvalue weighted by molar-refractivity contribution is 7.89. The van der Waals surface area contributed by atoms with Gasteiger partial charge in [-0.15, -0.1) is 11.3 Å². The second kappa shape index (κ2) is 6.35. The summed E-state index contributed by atoms with van der Waals surface area (Å²) in [6.07, 6.45) is 4.23. The lowest BCUT2D eigenvalue weighted by molar-refractivity contribution is 0.423. The van der Waals surface area contributed by atoms with E-state index in [1.54, 1.807) is 4.31 Å². The first-order valence-electron chi connectivity index (χ1n) is 6.79. The van der Waals surface area contributed by atoms with E-state index in [-0.39, 0.29) is 0 Å². The predicted octanol–water partition coefficient (Wildman–Crippen LogP) is 2.34. The van der Waals surface area contributed by atoms with Crippen molar-refractivity contribution < 1.29 is 8.42 Å². The number of aryl methyl sites for hydroxylation is 1. The standard InChI is InChI=1S/C13H22N2O2S2/c1-11-10-18-12(9-14-2)13(11)19(16,17)15-7-5-3-4-6-8-15/h10,14H,3-9H2,1-2H3. The van der Waals surface area contributed by atoms with Crippen LogP contribution in [0.5, 0.6) is 0 Å². The fraction of sp³-hybridized carbons (Fsp3) is 0.692. The minimum absolute atomic E-state index is 0.536. The number of thiophene rings is 1. The Bertz CT molecular complexity index is 515. The van der Waals surface area contributed by atoms with Crippen molar-refractivity contribution in [3.8, 4) is 0 Å². The summed E-state index contributed by atoms with van der Waals surface area (Å²) in [7, 11) is -1.48. The molecule has 0 amide bonds. The summed E-state index contributed by atoms with van der Waals surface area (Å²) in [4.78, 5) is 1.46. The number of nitrogens with zero attached hydrogens (tertiary/aromatic N) is 1. The molecule has 0 saturated carbocycles. The minimum atomic E-state index is -3.32. The van der Waals surface area contributed by atoms with Crippen molar-refractivity contribution >= 4 is 21.4 Å². The van der Waals surface area contributed by atoms with Gasteiger partial charge in [0, 0.05) is 24.5 Å². The third-order valence-electron chi connectivity index (χ3n) is 3.49. The van der Waals surface area contributed by atoms with Crippen LogP contribution < -0.4 is 5.32 Å². The van der Waals surface area contributed by atoms with Gasteiger partial charge in [-0.1, -0.05) is 12.8 Å². The minimum Gasteiger partial charge on any atom is -0.315 e. The van der Waals surface area contributed by atoms with Crippen LogP contribution in [-0.2, 0) is 16.6 Å². The number of sulfonamides is 1. The normalized spacial score (nSPS) is 18.4. The third-order valence-corrected chi connectivity index (χ3v) is 6.85. The van der Waals surface area contributed by atoms with Gasteiger partial charge in [0.15, 0.2) is 0 Å². The summed E-state index contributed by atoms with van der Waals surface area (Å²) in [6.45, 7) is 3.83. The Hall–Kier alpha value is -0.430. The molecule has 1 aliphatic rings. The third kappa shape index (κ3) is 3.18. The molecular formula is C13H22N2O2S2. The molecule has 1 aromatic heterocycles. The van der Waals surface area contributed by atoms with Crippen LogP contribution in [-0.4, -0.2) is 32.9 Å². The van der Waals surface area contributed by atoms with Crippen molar-refractivity contribution in [2.45, 2.75) is 44.0 Å². The number of nitrogens with one attached hydrogen (secondary N) is 1. The Morgan fingerprint density at radius 1 is 1.26 bits per heavy atom. The van der Waals surface area contributed by atoms with Crippen molar-refractivity contribution in [3.63, 3.8) is 0 Å². The van der Waals surface area contributed by atoms with Gasteiger partial charge in [0.25, 0.3) is 0 Å². The zero-order valence-electron chi connectivity index (χ0n) is 11.6. The molecule has 4 nitrogen and oxygen atoms in total. The SMILES string of the molecule is CNCc1scc(C)c1S(=O)(=O)N1CCCCCC1. The highest BCUT2D eigenvalue weighted by Crippen LogP contribution is 2.30. The summed E-state index contributed by atoms with van der Waals surface area (Å²) < 4.78 is 27.3. The lowest BCUT2D eigenvalue weighted by Crippen LogP contribution is -2.32. The van der Waals surface area contributed by atoms with Crippen molar-refractivity contribution in [2.24, 2.45) is 0 Å². The second-order valence-electron chi connectivity index (χ2n) is 5.02. The first kappa shape index (κ1) is 15.0. The van der Waals surface area contributed by atoms with E-state index in [4.69, 9.17) is 0 Å². The zero-order chi connectivity index (χ0) is 13.9. The maximum absolute atomic E-state index is 12.8. The lowest BCUT2D eigenvalue weighted by Gasteiger charge is -2.21. The molecule has 108 valence electrons. The van der Waals surface area contributed by atoms with Gasteiger partial charge in [0.1, 0.15) is 4.90 Å². The van der Waals surface area contributed by atoms with Gasteiger partial charge in [-0.25, -0.2) is 8.42 Å². The second-order valence-corrected chi connectivity index (χ2v) is 7.86. The Labute approximate surface area is 119 Å². The number of rotatable bonds is 4. The topological polar surface area (TPSA) is 49.4 Å². The smallest absolute Gasteiger partial charge is 0.244 e. The molecule has 0 spiro atoms. The van der Waals surface area contributed by atoms with Crippen molar-refractivity contribution in [1.29, 1.82) is 0 Å². The van der Waals surface area contributed by atoms with Gasteiger partial charge in [-0.3, -0.25) is 0 Å². The van der Waals surface area contributed by atoms with Gasteiger partial charge in [0.2, 0.25) is 10.0 Å². The fourth-order valence-corrected chi connectivity index (χ4v) is 5.82. The van der Waals surface area contributed by atoms with Crippen LogP contribution in [0.3, 0.4) is 0 Å². The van der Waals surface area contributed by atoms with Crippen LogP contribution in [0.2, 0.25) is 0 Å². The first-order valence-corrected chi connectivity index (χ1v) is 9.11. The van der Waals surface area contributed by atoms with Gasteiger partial charge >= 0.3 is 0 Å². The van der Waals surface area contributed by atoms with E-state index in [9.17, 15) is 8.42 Å². The van der Waals surface area contributed by atoms with Crippen molar-refractivity contribution in [2.75, 3.05) is 20.1 Å². The van der Waals surface area contributed by atoms with Gasteiger partial charge in [0.05, 0.1) is 0 Å². The monoisotopic (exact) mass is 302 g/mol. The van der Waals surface area contributed by atoms with Gasteiger partial charge in [-0.05, 0) is 37.8 Å². The van der Waals surface area contributed by atoms with E-state index in [1.807, 2.05) is 19.4 Å². The maximum atomic E-state index is 12.8. The van der Waals surface area contributed by atoms with Crippen LogP contribution in [0.25, 0.3) is 0 Å². The first-order chi connectivity index (χ1) is 9.07. The highest BCUT2D eigenvalue weighted by Gasteiger charge is 2.29. The largest absolute Gasteiger partial charge is 0.315 e. The van der Waals surface area contributed by atoms with Crippen LogP contribution in [0.1, 0.15) is 36.1 Å². The van der Waals surface area contributed by atoms with Crippen LogP contribution >= 0.6 is 11.3 Å².